The van der Waals surface area contributed by atoms with E-state index in [4.69, 9.17) is 9.47 Å². The average Bonchev–Trinajstić information content (AvgIpc) is 2.69. The van der Waals surface area contributed by atoms with E-state index in [0.717, 1.165) is 15.9 Å². The average molecular weight is 355 g/mol. The molecular weight excluding hydrogens is 340 g/mol. The van der Waals surface area contributed by atoms with Crippen LogP contribution in [-0.4, -0.2) is 28.0 Å². The Balaban J connectivity index is 2.33. The molecular formula is C14H15BrN2O4. The number of carboxylic acid groups (broad SMARTS) is 1. The van der Waals surface area contributed by atoms with Gasteiger partial charge in [0.1, 0.15) is 12.2 Å². The molecule has 0 fully saturated rings. The minimum absolute atomic E-state index is 0.0596. The summed E-state index contributed by atoms with van der Waals surface area (Å²) >= 11 is 3.45. The molecule has 0 unspecified atom stereocenters. The van der Waals surface area contributed by atoms with Crippen LogP contribution in [0.4, 0.5) is 0 Å². The molecule has 0 spiro atoms. The topological polar surface area (TPSA) is 73.6 Å². The van der Waals surface area contributed by atoms with Crippen LogP contribution in [0.1, 0.15) is 21.7 Å². The number of rotatable bonds is 5. The molecule has 2 rings (SSSR count). The number of carbonyl (C=O) groups is 1. The van der Waals surface area contributed by atoms with Crippen LogP contribution in [0, 0.1) is 6.92 Å². The Kier molecular flexibility index (Phi) is 4.52. The van der Waals surface area contributed by atoms with Crippen molar-refractivity contribution < 1.29 is 19.4 Å². The number of carboxylic acids is 1. The second-order valence-electron chi connectivity index (χ2n) is 4.40. The molecule has 0 saturated carbocycles. The van der Waals surface area contributed by atoms with Crippen LogP contribution in [0.5, 0.6) is 11.5 Å². The van der Waals surface area contributed by atoms with Gasteiger partial charge in [0, 0.05) is 7.05 Å². The molecule has 2 aromatic rings. The fraction of sp³-hybridized carbons (Fsp3) is 0.286. The molecule has 0 saturated heterocycles. The van der Waals surface area contributed by atoms with E-state index in [1.807, 2.05) is 6.92 Å². The minimum atomic E-state index is -1.07. The fourth-order valence-electron chi connectivity index (χ4n) is 1.97. The van der Waals surface area contributed by atoms with Gasteiger partial charge in [-0.1, -0.05) is 6.07 Å². The summed E-state index contributed by atoms with van der Waals surface area (Å²) in [5.41, 5.74) is 1.72. The number of aryl methyl sites for hydroxylation is 2. The first-order valence-corrected chi connectivity index (χ1v) is 6.96. The summed E-state index contributed by atoms with van der Waals surface area (Å²) in [4.78, 5) is 11.3. The van der Waals surface area contributed by atoms with Crippen LogP contribution in [0.2, 0.25) is 0 Å². The van der Waals surface area contributed by atoms with Crippen molar-refractivity contribution in [3.63, 3.8) is 0 Å². The number of para-hydroxylation sites is 1. The van der Waals surface area contributed by atoms with E-state index in [1.54, 1.807) is 23.9 Å². The van der Waals surface area contributed by atoms with Crippen molar-refractivity contribution >= 4 is 21.9 Å². The van der Waals surface area contributed by atoms with E-state index in [0.29, 0.717) is 5.75 Å². The van der Waals surface area contributed by atoms with Gasteiger partial charge >= 0.3 is 5.97 Å². The zero-order valence-corrected chi connectivity index (χ0v) is 13.5. The van der Waals surface area contributed by atoms with Crippen molar-refractivity contribution in [2.45, 2.75) is 13.5 Å². The van der Waals surface area contributed by atoms with Crippen LogP contribution in [0.3, 0.4) is 0 Å². The quantitative estimate of drug-likeness (QED) is 0.893. The summed E-state index contributed by atoms with van der Waals surface area (Å²) in [6.45, 7) is 2.05. The molecule has 0 amide bonds. The molecule has 0 radical (unpaired) electrons. The van der Waals surface area contributed by atoms with E-state index in [-0.39, 0.29) is 17.9 Å². The predicted molar refractivity (Wildman–Crippen MR) is 79.9 cm³/mol. The number of aromatic carboxylic acids is 1. The first-order valence-electron chi connectivity index (χ1n) is 6.16. The SMILES string of the molecule is COc1cccc(C(=O)O)c1OCc1c(Br)c(C)nn1C. The second kappa shape index (κ2) is 6.17. The molecule has 0 atom stereocenters. The molecule has 0 aliphatic carbocycles. The summed E-state index contributed by atoms with van der Waals surface area (Å²) in [6, 6.07) is 4.74. The number of nitrogens with zero attached hydrogens (tertiary/aromatic N) is 2. The van der Waals surface area contributed by atoms with Crippen molar-refractivity contribution in [2.24, 2.45) is 7.05 Å². The highest BCUT2D eigenvalue weighted by Gasteiger charge is 2.18. The maximum absolute atomic E-state index is 11.3. The lowest BCUT2D eigenvalue weighted by molar-refractivity contribution is 0.0690. The highest BCUT2D eigenvalue weighted by Crippen LogP contribution is 2.32. The van der Waals surface area contributed by atoms with Gasteiger partial charge in [-0.05, 0) is 35.0 Å². The van der Waals surface area contributed by atoms with Crippen molar-refractivity contribution in [1.82, 2.24) is 9.78 Å². The fourth-order valence-corrected chi connectivity index (χ4v) is 2.42. The summed E-state index contributed by atoms with van der Waals surface area (Å²) in [6.07, 6.45) is 0. The van der Waals surface area contributed by atoms with Gasteiger partial charge in [-0.2, -0.15) is 5.10 Å². The van der Waals surface area contributed by atoms with Crippen LogP contribution < -0.4 is 9.47 Å². The Labute approximate surface area is 130 Å². The van der Waals surface area contributed by atoms with Crippen LogP contribution >= 0.6 is 15.9 Å². The zero-order chi connectivity index (χ0) is 15.6. The molecule has 0 aliphatic heterocycles. The maximum atomic E-state index is 11.3. The smallest absolute Gasteiger partial charge is 0.339 e. The third-order valence-corrected chi connectivity index (χ3v) is 4.08. The summed E-state index contributed by atoms with van der Waals surface area (Å²) in [5.74, 6) is -0.479. The van der Waals surface area contributed by atoms with Crippen molar-refractivity contribution in [3.8, 4) is 11.5 Å². The molecule has 21 heavy (non-hydrogen) atoms. The van der Waals surface area contributed by atoms with Gasteiger partial charge in [0.05, 0.1) is 23.0 Å². The van der Waals surface area contributed by atoms with E-state index in [9.17, 15) is 9.90 Å². The maximum Gasteiger partial charge on any atom is 0.339 e. The van der Waals surface area contributed by atoms with Gasteiger partial charge in [-0.15, -0.1) is 0 Å². The van der Waals surface area contributed by atoms with Crippen molar-refractivity contribution in [2.75, 3.05) is 7.11 Å². The predicted octanol–water partition coefficient (Wildman–Crippen LogP) is 2.78. The minimum Gasteiger partial charge on any atom is -0.493 e. The number of benzene rings is 1. The van der Waals surface area contributed by atoms with Crippen LogP contribution in [0.15, 0.2) is 22.7 Å². The Morgan fingerprint density at radius 2 is 2.19 bits per heavy atom. The third kappa shape index (κ3) is 3.02. The second-order valence-corrected chi connectivity index (χ2v) is 5.19. The van der Waals surface area contributed by atoms with E-state index < -0.39 is 5.97 Å². The molecule has 1 aromatic carbocycles. The molecule has 1 aromatic heterocycles. The number of methoxy groups -OCH3 is 1. The number of hydrogen-bond acceptors (Lipinski definition) is 4. The first kappa shape index (κ1) is 15.4. The lowest BCUT2D eigenvalue weighted by Gasteiger charge is -2.13. The van der Waals surface area contributed by atoms with Gasteiger partial charge in [0.2, 0.25) is 0 Å². The molecule has 7 heteroatoms. The van der Waals surface area contributed by atoms with Crippen molar-refractivity contribution in [3.05, 3.63) is 39.6 Å². The summed E-state index contributed by atoms with van der Waals surface area (Å²) in [7, 11) is 3.27. The summed E-state index contributed by atoms with van der Waals surface area (Å²) in [5, 5.41) is 13.5. The standard InChI is InChI=1S/C14H15BrN2O4/c1-8-12(15)10(17(2)16-8)7-21-13-9(14(18)19)5-4-6-11(13)20-3/h4-6H,7H2,1-3H3,(H,18,19). The zero-order valence-electron chi connectivity index (χ0n) is 11.9. The van der Waals surface area contributed by atoms with Gasteiger partial charge < -0.3 is 14.6 Å². The molecule has 6 nitrogen and oxygen atoms in total. The summed E-state index contributed by atoms with van der Waals surface area (Å²) < 4.78 is 13.4. The Hall–Kier alpha value is -2.02. The van der Waals surface area contributed by atoms with E-state index in [1.165, 1.54) is 13.2 Å². The van der Waals surface area contributed by atoms with Crippen LogP contribution in [0.25, 0.3) is 0 Å². The molecule has 112 valence electrons. The monoisotopic (exact) mass is 354 g/mol. The Morgan fingerprint density at radius 3 is 2.71 bits per heavy atom. The number of ether oxygens (including phenoxy) is 2. The normalized spacial score (nSPS) is 10.5. The first-order chi connectivity index (χ1) is 9.95. The number of hydrogen-bond donors (Lipinski definition) is 1. The Morgan fingerprint density at radius 1 is 1.48 bits per heavy atom. The van der Waals surface area contributed by atoms with Crippen LogP contribution in [-0.2, 0) is 13.7 Å². The lowest BCUT2D eigenvalue weighted by Crippen LogP contribution is -2.08. The van der Waals surface area contributed by atoms with Gasteiger partial charge in [0.25, 0.3) is 0 Å². The molecule has 1 N–H and O–H groups in total. The van der Waals surface area contributed by atoms with Gasteiger partial charge in [0.15, 0.2) is 11.5 Å². The Bertz CT molecular complexity index is 682. The molecule has 0 bridgehead atoms. The molecule has 1 heterocycles. The molecule has 0 aliphatic rings. The van der Waals surface area contributed by atoms with E-state index >= 15 is 0 Å². The lowest BCUT2D eigenvalue weighted by atomic mass is 10.2. The highest BCUT2D eigenvalue weighted by atomic mass is 79.9. The van der Waals surface area contributed by atoms with E-state index in [2.05, 4.69) is 21.0 Å². The van der Waals surface area contributed by atoms with Gasteiger partial charge in [-0.25, -0.2) is 4.79 Å². The third-order valence-electron chi connectivity index (χ3n) is 3.04. The number of halogens is 1. The largest absolute Gasteiger partial charge is 0.493 e. The number of aromatic nitrogens is 2. The highest BCUT2D eigenvalue weighted by molar-refractivity contribution is 9.10. The van der Waals surface area contributed by atoms with Gasteiger partial charge in [-0.3, -0.25) is 4.68 Å². The van der Waals surface area contributed by atoms with Crippen molar-refractivity contribution in [1.29, 1.82) is 0 Å².